The van der Waals surface area contributed by atoms with Crippen molar-refractivity contribution in [3.8, 4) is 11.5 Å². The van der Waals surface area contributed by atoms with Crippen molar-refractivity contribution in [3.63, 3.8) is 0 Å². The van der Waals surface area contributed by atoms with Gasteiger partial charge in [-0.05, 0) is 43.2 Å². The molecule has 9 heteroatoms. The molecule has 2 N–H and O–H groups in total. The minimum Gasteiger partial charge on any atom is -0.484 e. The van der Waals surface area contributed by atoms with Crippen LogP contribution >= 0.6 is 0 Å². The van der Waals surface area contributed by atoms with Crippen molar-refractivity contribution in [2.75, 3.05) is 13.2 Å². The lowest BCUT2D eigenvalue weighted by atomic mass is 10.1. The molecule has 0 saturated carbocycles. The quantitative estimate of drug-likeness (QED) is 0.564. The second-order valence-corrected chi connectivity index (χ2v) is 5.72. The van der Waals surface area contributed by atoms with Crippen LogP contribution in [0.15, 0.2) is 42.5 Å². The van der Waals surface area contributed by atoms with Crippen molar-refractivity contribution in [2.24, 2.45) is 0 Å². The molecule has 142 valence electrons. The van der Waals surface area contributed by atoms with E-state index >= 15 is 0 Å². The third kappa shape index (κ3) is 6.31. The topological polar surface area (TPSA) is 120 Å². The van der Waals surface area contributed by atoms with E-state index in [1.54, 1.807) is 18.2 Å². The number of amides is 2. The number of carbonyl (C=O) groups is 2. The zero-order chi connectivity index (χ0) is 19.8. The van der Waals surface area contributed by atoms with Gasteiger partial charge in [0.2, 0.25) is 0 Å². The number of benzene rings is 2. The fourth-order valence-electron chi connectivity index (χ4n) is 2.25. The second kappa shape index (κ2) is 9.18. The molecule has 27 heavy (non-hydrogen) atoms. The highest BCUT2D eigenvalue weighted by molar-refractivity contribution is 5.83. The Kier molecular flexibility index (Phi) is 6.70. The first-order chi connectivity index (χ1) is 12.8. The molecule has 2 aromatic rings. The third-order valence-corrected chi connectivity index (χ3v) is 3.33. The van der Waals surface area contributed by atoms with E-state index in [4.69, 9.17) is 9.47 Å². The molecule has 2 rings (SSSR count). The van der Waals surface area contributed by atoms with Crippen molar-refractivity contribution >= 4 is 17.5 Å². The summed E-state index contributed by atoms with van der Waals surface area (Å²) >= 11 is 0. The summed E-state index contributed by atoms with van der Waals surface area (Å²) in [5.41, 5.74) is 6.08. The number of aryl methyl sites for hydroxylation is 2. The Morgan fingerprint density at radius 2 is 1.52 bits per heavy atom. The number of hydrogen-bond acceptors (Lipinski definition) is 6. The van der Waals surface area contributed by atoms with Gasteiger partial charge < -0.3 is 9.47 Å². The lowest BCUT2D eigenvalue weighted by Crippen LogP contribution is -2.45. The van der Waals surface area contributed by atoms with Crippen LogP contribution in [0.1, 0.15) is 11.1 Å². The minimum atomic E-state index is -0.673. The van der Waals surface area contributed by atoms with Crippen LogP contribution in [0.2, 0.25) is 0 Å². The SMILES string of the molecule is Cc1cc(C)cc(OCC(=O)NNC(=O)COc2ccccc2[N+](=O)[O-])c1. The molecule has 0 spiro atoms. The van der Waals surface area contributed by atoms with E-state index in [2.05, 4.69) is 10.9 Å². The number of nitro benzene ring substituents is 1. The van der Waals surface area contributed by atoms with E-state index < -0.39 is 23.3 Å². The van der Waals surface area contributed by atoms with Crippen molar-refractivity contribution in [1.29, 1.82) is 0 Å². The average molecular weight is 373 g/mol. The van der Waals surface area contributed by atoms with Gasteiger partial charge in [-0.1, -0.05) is 18.2 Å². The zero-order valence-electron chi connectivity index (χ0n) is 14.9. The Morgan fingerprint density at radius 1 is 0.963 bits per heavy atom. The van der Waals surface area contributed by atoms with Crippen LogP contribution < -0.4 is 20.3 Å². The number of para-hydroxylation sites is 2. The van der Waals surface area contributed by atoms with E-state index in [0.29, 0.717) is 5.75 Å². The molecule has 0 heterocycles. The fraction of sp³-hybridized carbons (Fsp3) is 0.222. The van der Waals surface area contributed by atoms with Gasteiger partial charge in [-0.2, -0.15) is 0 Å². The van der Waals surface area contributed by atoms with Gasteiger partial charge in [0.15, 0.2) is 19.0 Å². The Bertz CT molecular complexity index is 832. The van der Waals surface area contributed by atoms with Gasteiger partial charge in [0, 0.05) is 6.07 Å². The number of rotatable bonds is 7. The normalized spacial score (nSPS) is 10.0. The summed E-state index contributed by atoms with van der Waals surface area (Å²) in [4.78, 5) is 33.7. The lowest BCUT2D eigenvalue weighted by Gasteiger charge is -2.10. The van der Waals surface area contributed by atoms with Gasteiger partial charge in [0.05, 0.1) is 4.92 Å². The van der Waals surface area contributed by atoms with Gasteiger partial charge in [0.25, 0.3) is 11.8 Å². The molecule has 0 fully saturated rings. The molecule has 2 amide bonds. The molecule has 0 atom stereocenters. The van der Waals surface area contributed by atoms with Gasteiger partial charge in [0.1, 0.15) is 5.75 Å². The predicted octanol–water partition coefficient (Wildman–Crippen LogP) is 1.82. The summed E-state index contributed by atoms with van der Waals surface area (Å²) in [5.74, 6) is -0.725. The first-order valence-corrected chi connectivity index (χ1v) is 8.00. The van der Waals surface area contributed by atoms with E-state index in [-0.39, 0.29) is 18.0 Å². The number of ether oxygens (including phenoxy) is 2. The van der Waals surface area contributed by atoms with Crippen LogP contribution in [0.5, 0.6) is 11.5 Å². The summed E-state index contributed by atoms with van der Waals surface area (Å²) in [7, 11) is 0. The highest BCUT2D eigenvalue weighted by atomic mass is 16.6. The van der Waals surface area contributed by atoms with Gasteiger partial charge in [-0.25, -0.2) is 0 Å². The number of carbonyl (C=O) groups excluding carboxylic acids is 2. The smallest absolute Gasteiger partial charge is 0.310 e. The molecule has 0 bridgehead atoms. The molecular formula is C18H19N3O6. The van der Waals surface area contributed by atoms with Crippen LogP contribution in [-0.4, -0.2) is 30.0 Å². The van der Waals surface area contributed by atoms with E-state index in [1.165, 1.54) is 18.2 Å². The first-order valence-electron chi connectivity index (χ1n) is 8.00. The van der Waals surface area contributed by atoms with Crippen LogP contribution in [-0.2, 0) is 9.59 Å². The molecule has 9 nitrogen and oxygen atoms in total. The molecule has 0 aromatic heterocycles. The van der Waals surface area contributed by atoms with E-state index in [1.807, 2.05) is 19.9 Å². The van der Waals surface area contributed by atoms with Gasteiger partial charge >= 0.3 is 5.69 Å². The van der Waals surface area contributed by atoms with Crippen molar-refractivity contribution in [3.05, 3.63) is 63.7 Å². The molecular weight excluding hydrogens is 354 g/mol. The predicted molar refractivity (Wildman–Crippen MR) is 96.3 cm³/mol. The maximum absolute atomic E-state index is 11.7. The standard InChI is InChI=1S/C18H19N3O6/c1-12-7-13(2)9-14(8-12)26-10-17(22)19-20-18(23)11-27-16-6-4-3-5-15(16)21(24)25/h3-9H,10-11H2,1-2H3,(H,19,22)(H,20,23). The summed E-state index contributed by atoms with van der Waals surface area (Å²) in [6, 6.07) is 11.2. The zero-order valence-corrected chi connectivity index (χ0v) is 14.9. The monoisotopic (exact) mass is 373 g/mol. The van der Waals surface area contributed by atoms with Gasteiger partial charge in [-0.15, -0.1) is 0 Å². The van der Waals surface area contributed by atoms with Crippen LogP contribution in [0.4, 0.5) is 5.69 Å². The number of hydrogen-bond donors (Lipinski definition) is 2. The Hall–Kier alpha value is -3.62. The summed E-state index contributed by atoms with van der Waals surface area (Å²) in [6.45, 7) is 3.05. The summed E-state index contributed by atoms with van der Waals surface area (Å²) in [5, 5.41) is 10.9. The molecule has 0 aliphatic rings. The van der Waals surface area contributed by atoms with Gasteiger partial charge in [-0.3, -0.25) is 30.6 Å². The minimum absolute atomic E-state index is 0.0397. The number of nitrogens with zero attached hydrogens (tertiary/aromatic N) is 1. The van der Waals surface area contributed by atoms with Crippen LogP contribution in [0, 0.1) is 24.0 Å². The Labute approximate surface area is 155 Å². The molecule has 0 aliphatic carbocycles. The van der Waals surface area contributed by atoms with E-state index in [9.17, 15) is 19.7 Å². The van der Waals surface area contributed by atoms with Crippen molar-refractivity contribution in [2.45, 2.75) is 13.8 Å². The summed E-state index contributed by atoms with van der Waals surface area (Å²) in [6.07, 6.45) is 0. The van der Waals surface area contributed by atoms with Crippen molar-refractivity contribution in [1.82, 2.24) is 10.9 Å². The number of nitrogens with one attached hydrogen (secondary N) is 2. The number of hydrazine groups is 1. The second-order valence-electron chi connectivity index (χ2n) is 5.72. The fourth-order valence-corrected chi connectivity index (χ4v) is 2.25. The van der Waals surface area contributed by atoms with Crippen LogP contribution in [0.3, 0.4) is 0 Å². The third-order valence-electron chi connectivity index (χ3n) is 3.33. The highest BCUT2D eigenvalue weighted by Gasteiger charge is 2.15. The highest BCUT2D eigenvalue weighted by Crippen LogP contribution is 2.25. The lowest BCUT2D eigenvalue weighted by molar-refractivity contribution is -0.385. The maximum Gasteiger partial charge on any atom is 0.310 e. The number of nitro groups is 1. The first kappa shape index (κ1) is 19.7. The Morgan fingerprint density at radius 3 is 2.11 bits per heavy atom. The largest absolute Gasteiger partial charge is 0.484 e. The maximum atomic E-state index is 11.7. The van der Waals surface area contributed by atoms with Crippen molar-refractivity contribution < 1.29 is 24.0 Å². The van der Waals surface area contributed by atoms with Crippen LogP contribution in [0.25, 0.3) is 0 Å². The molecule has 0 unspecified atom stereocenters. The molecule has 0 radical (unpaired) electrons. The molecule has 2 aromatic carbocycles. The molecule has 0 saturated heterocycles. The van der Waals surface area contributed by atoms with E-state index in [0.717, 1.165) is 11.1 Å². The Balaban J connectivity index is 1.75. The average Bonchev–Trinajstić information content (AvgIpc) is 2.62. The summed E-state index contributed by atoms with van der Waals surface area (Å²) < 4.78 is 10.5. The molecule has 0 aliphatic heterocycles.